The minimum Gasteiger partial charge on any atom is -0.439 e. The van der Waals surface area contributed by atoms with Crippen LogP contribution in [0.2, 0.25) is 0 Å². The Labute approximate surface area is 100 Å². The largest absolute Gasteiger partial charge is 0.439 e. The minimum atomic E-state index is 0.213. The molecule has 2 aromatic rings. The van der Waals surface area contributed by atoms with Crippen LogP contribution >= 0.6 is 0 Å². The van der Waals surface area contributed by atoms with Gasteiger partial charge >= 0.3 is 0 Å². The summed E-state index contributed by atoms with van der Waals surface area (Å²) in [4.78, 5) is 7.84. The molecule has 0 aliphatic carbocycles. The molecular formula is C13H15N3O. The zero-order valence-electron chi connectivity index (χ0n) is 10.2. The van der Waals surface area contributed by atoms with Crippen molar-refractivity contribution < 1.29 is 4.74 Å². The van der Waals surface area contributed by atoms with Gasteiger partial charge in [0.05, 0.1) is 0 Å². The summed E-state index contributed by atoms with van der Waals surface area (Å²) >= 11 is 0. The fraction of sp³-hybridized carbons (Fsp3) is 0.231. The number of anilines is 1. The Morgan fingerprint density at radius 2 is 1.94 bits per heavy atom. The van der Waals surface area contributed by atoms with E-state index >= 15 is 0 Å². The van der Waals surface area contributed by atoms with E-state index in [0.717, 1.165) is 16.9 Å². The summed E-state index contributed by atoms with van der Waals surface area (Å²) in [6, 6.07) is 5.80. The molecule has 0 aliphatic rings. The van der Waals surface area contributed by atoms with Crippen molar-refractivity contribution in [3.63, 3.8) is 0 Å². The third-order valence-corrected chi connectivity index (χ3v) is 2.63. The average Bonchev–Trinajstić information content (AvgIpc) is 2.25. The number of aromatic nitrogens is 2. The molecule has 0 aliphatic heterocycles. The molecule has 0 spiro atoms. The Hall–Kier alpha value is -2.10. The van der Waals surface area contributed by atoms with Crippen LogP contribution in [-0.2, 0) is 0 Å². The van der Waals surface area contributed by atoms with E-state index in [1.165, 1.54) is 5.56 Å². The average molecular weight is 229 g/mol. The van der Waals surface area contributed by atoms with Gasteiger partial charge in [0, 0.05) is 12.3 Å². The van der Waals surface area contributed by atoms with E-state index < -0.39 is 0 Å². The second-order valence-corrected chi connectivity index (χ2v) is 4.06. The molecule has 17 heavy (non-hydrogen) atoms. The maximum Gasteiger partial charge on any atom is 0.224 e. The first kappa shape index (κ1) is 11.4. The molecule has 0 fully saturated rings. The lowest BCUT2D eigenvalue weighted by Crippen LogP contribution is -1.97. The Bertz CT molecular complexity index is 552. The molecule has 0 saturated heterocycles. The highest BCUT2D eigenvalue weighted by Crippen LogP contribution is 2.27. The molecule has 1 heterocycles. The van der Waals surface area contributed by atoms with Gasteiger partial charge in [-0.05, 0) is 43.5 Å². The Kier molecular flexibility index (Phi) is 2.95. The molecule has 0 radical (unpaired) electrons. The second kappa shape index (κ2) is 4.41. The van der Waals surface area contributed by atoms with Gasteiger partial charge < -0.3 is 10.5 Å². The fourth-order valence-electron chi connectivity index (χ4n) is 1.63. The number of nitrogen functional groups attached to an aromatic ring is 1. The van der Waals surface area contributed by atoms with Crippen LogP contribution in [0.1, 0.15) is 16.7 Å². The predicted octanol–water partition coefficient (Wildman–Crippen LogP) is 2.78. The van der Waals surface area contributed by atoms with Crippen LogP contribution in [0.15, 0.2) is 24.4 Å². The molecule has 1 aromatic carbocycles. The van der Waals surface area contributed by atoms with Crippen molar-refractivity contribution in [2.75, 3.05) is 5.73 Å². The topological polar surface area (TPSA) is 61.0 Å². The number of aryl methyl sites for hydroxylation is 2. The van der Waals surface area contributed by atoms with Crippen LogP contribution in [0.25, 0.3) is 0 Å². The summed E-state index contributed by atoms with van der Waals surface area (Å²) in [5.41, 5.74) is 8.97. The summed E-state index contributed by atoms with van der Waals surface area (Å²) < 4.78 is 5.72. The van der Waals surface area contributed by atoms with Crippen LogP contribution in [0.4, 0.5) is 5.95 Å². The van der Waals surface area contributed by atoms with Crippen molar-refractivity contribution >= 4 is 5.95 Å². The number of benzene rings is 1. The second-order valence-electron chi connectivity index (χ2n) is 4.06. The lowest BCUT2D eigenvalue weighted by atomic mass is 10.1. The molecule has 2 rings (SSSR count). The number of nitrogens with two attached hydrogens (primary N) is 1. The van der Waals surface area contributed by atoms with E-state index in [9.17, 15) is 0 Å². The molecule has 0 atom stereocenters. The van der Waals surface area contributed by atoms with Crippen molar-refractivity contribution in [3.8, 4) is 11.6 Å². The number of hydrogen-bond acceptors (Lipinski definition) is 4. The molecule has 4 heteroatoms. The fourth-order valence-corrected chi connectivity index (χ4v) is 1.63. The number of nitrogens with zero attached hydrogens (tertiary/aromatic N) is 2. The first-order valence-corrected chi connectivity index (χ1v) is 5.40. The normalized spacial score (nSPS) is 10.3. The minimum absolute atomic E-state index is 0.213. The quantitative estimate of drug-likeness (QED) is 0.860. The Balaban J connectivity index is 2.36. The highest BCUT2D eigenvalue weighted by molar-refractivity contribution is 5.43. The van der Waals surface area contributed by atoms with Gasteiger partial charge in [-0.2, -0.15) is 4.98 Å². The number of hydrogen-bond donors (Lipinski definition) is 1. The zero-order valence-corrected chi connectivity index (χ0v) is 10.2. The summed E-state index contributed by atoms with van der Waals surface area (Å²) in [6.07, 6.45) is 1.58. The van der Waals surface area contributed by atoms with Gasteiger partial charge in [0.25, 0.3) is 0 Å². The Morgan fingerprint density at radius 3 is 2.65 bits per heavy atom. The predicted molar refractivity (Wildman–Crippen MR) is 67.2 cm³/mol. The summed E-state index contributed by atoms with van der Waals surface area (Å²) in [7, 11) is 0. The van der Waals surface area contributed by atoms with Crippen LogP contribution < -0.4 is 10.5 Å². The highest BCUT2D eigenvalue weighted by atomic mass is 16.5. The summed E-state index contributed by atoms with van der Waals surface area (Å²) in [5.74, 6) is 1.48. The van der Waals surface area contributed by atoms with Gasteiger partial charge in [-0.15, -0.1) is 0 Å². The maximum atomic E-state index is 5.72. The molecule has 4 nitrogen and oxygen atoms in total. The molecule has 2 N–H and O–H groups in total. The summed E-state index contributed by atoms with van der Waals surface area (Å²) in [5, 5.41) is 0. The first-order valence-electron chi connectivity index (χ1n) is 5.40. The number of ether oxygens (including phenoxy) is 1. The lowest BCUT2D eigenvalue weighted by Gasteiger charge is -2.11. The first-order chi connectivity index (χ1) is 8.06. The summed E-state index contributed by atoms with van der Waals surface area (Å²) in [6.45, 7) is 6.12. The van der Waals surface area contributed by atoms with Crippen LogP contribution in [0, 0.1) is 20.8 Å². The van der Waals surface area contributed by atoms with Crippen molar-refractivity contribution in [2.24, 2.45) is 0 Å². The van der Waals surface area contributed by atoms with Gasteiger partial charge in [0.2, 0.25) is 11.8 Å². The van der Waals surface area contributed by atoms with E-state index in [4.69, 9.17) is 10.5 Å². The van der Waals surface area contributed by atoms with Crippen LogP contribution in [-0.4, -0.2) is 9.97 Å². The van der Waals surface area contributed by atoms with Crippen molar-refractivity contribution in [2.45, 2.75) is 20.8 Å². The van der Waals surface area contributed by atoms with Gasteiger partial charge in [0.15, 0.2) is 0 Å². The molecule has 1 aromatic heterocycles. The van der Waals surface area contributed by atoms with Crippen molar-refractivity contribution in [1.82, 2.24) is 9.97 Å². The van der Waals surface area contributed by atoms with E-state index in [2.05, 4.69) is 23.0 Å². The van der Waals surface area contributed by atoms with Crippen LogP contribution in [0.3, 0.4) is 0 Å². The smallest absolute Gasteiger partial charge is 0.224 e. The standard InChI is InChI=1S/C13H15N3O/c1-8-6-9(2)10(3)11(7-8)17-12-4-5-15-13(14)16-12/h4-7H,1-3H3,(H2,14,15,16). The van der Waals surface area contributed by atoms with Gasteiger partial charge in [0.1, 0.15) is 5.75 Å². The van der Waals surface area contributed by atoms with Gasteiger partial charge in [-0.25, -0.2) is 4.98 Å². The van der Waals surface area contributed by atoms with E-state index in [-0.39, 0.29) is 5.95 Å². The molecule has 0 unspecified atom stereocenters. The van der Waals surface area contributed by atoms with E-state index in [1.54, 1.807) is 12.3 Å². The van der Waals surface area contributed by atoms with Crippen molar-refractivity contribution in [1.29, 1.82) is 0 Å². The number of rotatable bonds is 2. The van der Waals surface area contributed by atoms with Crippen molar-refractivity contribution in [3.05, 3.63) is 41.1 Å². The van der Waals surface area contributed by atoms with E-state index in [1.807, 2.05) is 19.9 Å². The molecule has 0 amide bonds. The maximum absolute atomic E-state index is 5.72. The monoisotopic (exact) mass is 229 g/mol. The van der Waals surface area contributed by atoms with Gasteiger partial charge in [-0.1, -0.05) is 6.07 Å². The zero-order chi connectivity index (χ0) is 12.4. The lowest BCUT2D eigenvalue weighted by molar-refractivity contribution is 0.458. The molecule has 88 valence electrons. The Morgan fingerprint density at radius 1 is 1.18 bits per heavy atom. The van der Waals surface area contributed by atoms with Gasteiger partial charge in [-0.3, -0.25) is 0 Å². The SMILES string of the molecule is Cc1cc(C)c(C)c(Oc2ccnc(N)n2)c1. The third-order valence-electron chi connectivity index (χ3n) is 2.63. The third kappa shape index (κ3) is 2.53. The molecule has 0 saturated carbocycles. The molecular weight excluding hydrogens is 214 g/mol. The van der Waals surface area contributed by atoms with E-state index in [0.29, 0.717) is 5.88 Å². The van der Waals surface area contributed by atoms with Crippen LogP contribution in [0.5, 0.6) is 11.6 Å². The molecule has 0 bridgehead atoms. The highest BCUT2D eigenvalue weighted by Gasteiger charge is 2.06.